The summed E-state index contributed by atoms with van der Waals surface area (Å²) >= 11 is 0. The number of aliphatic carboxylic acids is 1. The molecule has 4 heterocycles. The van der Waals surface area contributed by atoms with Crippen LogP contribution >= 0.6 is 0 Å². The Morgan fingerprint density at radius 2 is 1.97 bits per heavy atom. The van der Waals surface area contributed by atoms with Crippen LogP contribution in [0.1, 0.15) is 44.0 Å². The monoisotopic (exact) mass is 473 g/mol. The number of nitrogens with one attached hydrogen (secondary N) is 1. The Hall–Kier alpha value is -3.83. The quantitative estimate of drug-likeness (QED) is 0.526. The number of pyridine rings is 1. The molecule has 0 aliphatic carbocycles. The van der Waals surface area contributed by atoms with Crippen LogP contribution in [0.3, 0.4) is 0 Å². The van der Waals surface area contributed by atoms with Gasteiger partial charge in [0.1, 0.15) is 11.3 Å². The number of carboxylic acid groups (broad SMARTS) is 1. The van der Waals surface area contributed by atoms with Crippen LogP contribution in [0.25, 0.3) is 5.65 Å². The van der Waals surface area contributed by atoms with Gasteiger partial charge in [0, 0.05) is 12.6 Å². The highest BCUT2D eigenvalue weighted by Gasteiger charge is 2.40. The van der Waals surface area contributed by atoms with Gasteiger partial charge in [-0.15, -0.1) is 5.10 Å². The van der Waals surface area contributed by atoms with E-state index in [1.54, 1.807) is 4.90 Å². The highest BCUT2D eigenvalue weighted by Crippen LogP contribution is 2.41. The van der Waals surface area contributed by atoms with E-state index in [4.69, 9.17) is 5.73 Å². The first-order chi connectivity index (χ1) is 16.0. The zero-order valence-electron chi connectivity index (χ0n) is 18.9. The molecule has 1 aliphatic heterocycles. The third kappa shape index (κ3) is 4.22. The molecular formula is C22H25F2N7O3. The van der Waals surface area contributed by atoms with Crippen molar-refractivity contribution in [1.82, 2.24) is 19.6 Å². The summed E-state index contributed by atoms with van der Waals surface area (Å²) in [6.07, 6.45) is 4.97. The number of fused-ring (bicyclic) bond motifs is 1. The van der Waals surface area contributed by atoms with E-state index in [2.05, 4.69) is 20.4 Å². The molecule has 2 atom stereocenters. The molecule has 0 bridgehead atoms. The van der Waals surface area contributed by atoms with E-state index in [0.717, 1.165) is 23.1 Å². The summed E-state index contributed by atoms with van der Waals surface area (Å²) < 4.78 is 29.7. The number of aromatic nitrogens is 4. The predicted molar refractivity (Wildman–Crippen MR) is 120 cm³/mol. The smallest absolute Gasteiger partial charge is 0.306 e. The van der Waals surface area contributed by atoms with E-state index < -0.39 is 29.4 Å². The van der Waals surface area contributed by atoms with Crippen molar-refractivity contribution >= 4 is 34.7 Å². The summed E-state index contributed by atoms with van der Waals surface area (Å²) in [6, 6.07) is -0.318. The van der Waals surface area contributed by atoms with E-state index in [0.29, 0.717) is 12.8 Å². The fraction of sp³-hybridized carbons (Fsp3) is 0.409. The molecule has 0 spiro atoms. The molecule has 10 nitrogen and oxygen atoms in total. The third-order valence-electron chi connectivity index (χ3n) is 6.05. The van der Waals surface area contributed by atoms with E-state index in [9.17, 15) is 19.1 Å². The molecule has 0 aromatic carbocycles. The second-order valence-corrected chi connectivity index (χ2v) is 9.41. The lowest BCUT2D eigenvalue weighted by Gasteiger charge is -2.47. The molecule has 4 N–H and O–H groups in total. The number of carbonyl (C=O) groups is 2. The normalized spacial score (nSPS) is 18.8. The van der Waals surface area contributed by atoms with Crippen molar-refractivity contribution in [3.8, 4) is 0 Å². The van der Waals surface area contributed by atoms with E-state index in [1.165, 1.54) is 6.20 Å². The van der Waals surface area contributed by atoms with Crippen molar-refractivity contribution in [3.63, 3.8) is 0 Å². The predicted octanol–water partition coefficient (Wildman–Crippen LogP) is 2.95. The number of carbonyl (C=O) groups excluding carboxylic acids is 1. The highest BCUT2D eigenvalue weighted by atomic mass is 19.1. The van der Waals surface area contributed by atoms with Gasteiger partial charge >= 0.3 is 5.97 Å². The van der Waals surface area contributed by atoms with Crippen molar-refractivity contribution < 1.29 is 23.5 Å². The van der Waals surface area contributed by atoms with Crippen LogP contribution in [0.5, 0.6) is 0 Å². The van der Waals surface area contributed by atoms with Gasteiger partial charge in [0.15, 0.2) is 23.1 Å². The lowest BCUT2D eigenvalue weighted by atomic mass is 9.76. The molecule has 4 rings (SSSR count). The van der Waals surface area contributed by atoms with Gasteiger partial charge in [-0.2, -0.15) is 0 Å². The Kier molecular flexibility index (Phi) is 5.84. The minimum absolute atomic E-state index is 0.0390. The topological polar surface area (TPSA) is 139 Å². The minimum atomic E-state index is -0.884. The fourth-order valence-corrected chi connectivity index (χ4v) is 4.42. The average molecular weight is 473 g/mol. The molecule has 12 heteroatoms. The van der Waals surface area contributed by atoms with Crippen molar-refractivity contribution in [1.29, 1.82) is 0 Å². The first kappa shape index (κ1) is 23.3. The van der Waals surface area contributed by atoms with Crippen LogP contribution < -0.4 is 16.0 Å². The van der Waals surface area contributed by atoms with Gasteiger partial charge < -0.3 is 21.1 Å². The molecule has 0 saturated carbocycles. The number of anilines is 3. The number of halogens is 2. The van der Waals surface area contributed by atoms with Gasteiger partial charge in [0.05, 0.1) is 36.4 Å². The number of piperidine rings is 1. The summed E-state index contributed by atoms with van der Waals surface area (Å²) in [5.41, 5.74) is 5.65. The lowest BCUT2D eigenvalue weighted by Crippen LogP contribution is -2.51. The molecular weight excluding hydrogens is 448 g/mol. The summed E-state index contributed by atoms with van der Waals surface area (Å²) in [5.74, 6) is -3.63. The Balaban J connectivity index is 1.72. The van der Waals surface area contributed by atoms with Gasteiger partial charge in [-0.3, -0.25) is 14.6 Å². The molecule has 1 saturated heterocycles. The molecule has 2 unspecified atom stereocenters. The van der Waals surface area contributed by atoms with E-state index >= 15 is 4.39 Å². The van der Waals surface area contributed by atoms with Gasteiger partial charge in [0.25, 0.3) is 5.91 Å². The lowest BCUT2D eigenvalue weighted by molar-refractivity contribution is -0.143. The highest BCUT2D eigenvalue weighted by molar-refractivity contribution is 6.12. The Bertz CT molecular complexity index is 1270. The van der Waals surface area contributed by atoms with E-state index in [1.807, 2.05) is 20.8 Å². The fourth-order valence-electron chi connectivity index (χ4n) is 4.42. The number of carboxylic acids is 1. The van der Waals surface area contributed by atoms with Crippen molar-refractivity contribution in [2.45, 2.75) is 39.7 Å². The number of nitrogens with zero attached hydrogens (tertiary/aromatic N) is 5. The van der Waals surface area contributed by atoms with Crippen molar-refractivity contribution in [2.75, 3.05) is 22.5 Å². The molecule has 0 radical (unpaired) electrons. The zero-order chi connectivity index (χ0) is 24.8. The van der Waals surface area contributed by atoms with Crippen molar-refractivity contribution in [3.05, 3.63) is 42.0 Å². The number of hydrogen-bond acceptors (Lipinski definition) is 7. The second kappa shape index (κ2) is 8.50. The average Bonchev–Trinajstić information content (AvgIpc) is 3.07. The molecule has 180 valence electrons. The molecule has 1 amide bonds. The number of amides is 1. The number of rotatable bonds is 4. The standard InChI is InChI=1S/C22H25F2N7O3/c1-22(2,3)15-6-11(21(33)34)4-5-30(15)17-13(24)8-26-9-14(17)28-20(32)16-18(25)29-31-10-12(23)7-27-19(16)31/h7-11,15H,4-6H2,1-3H3,(H2,25,29)(H,28,32)(H,33,34). The summed E-state index contributed by atoms with van der Waals surface area (Å²) in [6.45, 7) is 6.15. The van der Waals surface area contributed by atoms with Crippen LogP contribution in [0.15, 0.2) is 24.8 Å². The maximum Gasteiger partial charge on any atom is 0.306 e. The number of nitrogen functional groups attached to an aromatic ring is 1. The SMILES string of the molecule is CC(C)(C)C1CC(C(=O)O)CCN1c1c(F)cncc1NC(=O)c1c(N)nn2cc(F)cnc12. The van der Waals surface area contributed by atoms with Crippen LogP contribution in [-0.2, 0) is 4.79 Å². The summed E-state index contributed by atoms with van der Waals surface area (Å²) in [4.78, 5) is 34.3. The van der Waals surface area contributed by atoms with E-state index in [-0.39, 0.29) is 46.4 Å². The molecule has 3 aromatic rings. The maximum atomic E-state index is 15.2. The Morgan fingerprint density at radius 3 is 2.65 bits per heavy atom. The molecule has 3 aromatic heterocycles. The van der Waals surface area contributed by atoms with Gasteiger partial charge in [0.2, 0.25) is 0 Å². The van der Waals surface area contributed by atoms with Gasteiger partial charge in [-0.05, 0) is 18.3 Å². The first-order valence-corrected chi connectivity index (χ1v) is 10.7. The molecule has 1 fully saturated rings. The molecule has 34 heavy (non-hydrogen) atoms. The van der Waals surface area contributed by atoms with Gasteiger partial charge in [-0.1, -0.05) is 20.8 Å². The van der Waals surface area contributed by atoms with Crippen molar-refractivity contribution in [2.24, 2.45) is 11.3 Å². The Labute approximate surface area is 193 Å². The van der Waals surface area contributed by atoms with Gasteiger partial charge in [-0.25, -0.2) is 18.3 Å². The Morgan fingerprint density at radius 1 is 1.24 bits per heavy atom. The van der Waals surface area contributed by atoms with Crippen LogP contribution in [0, 0.1) is 23.0 Å². The van der Waals surface area contributed by atoms with Crippen LogP contribution in [-0.4, -0.2) is 49.2 Å². The zero-order valence-corrected chi connectivity index (χ0v) is 18.9. The third-order valence-corrected chi connectivity index (χ3v) is 6.05. The minimum Gasteiger partial charge on any atom is -0.481 e. The summed E-state index contributed by atoms with van der Waals surface area (Å²) in [5, 5.41) is 16.1. The first-order valence-electron chi connectivity index (χ1n) is 10.7. The maximum absolute atomic E-state index is 15.2. The second-order valence-electron chi connectivity index (χ2n) is 9.41. The van der Waals surface area contributed by atoms with Crippen LogP contribution in [0.2, 0.25) is 0 Å². The largest absolute Gasteiger partial charge is 0.481 e. The summed E-state index contributed by atoms with van der Waals surface area (Å²) in [7, 11) is 0. The number of hydrogen-bond donors (Lipinski definition) is 3. The number of nitrogens with two attached hydrogens (primary N) is 1. The molecule has 1 aliphatic rings. The van der Waals surface area contributed by atoms with Crippen LogP contribution in [0.4, 0.5) is 26.0 Å².